The normalized spacial score (nSPS) is 14.6. The van der Waals surface area contributed by atoms with Gasteiger partial charge in [-0.2, -0.15) is 10.2 Å². The Labute approximate surface area is 113 Å². The van der Waals surface area contributed by atoms with Gasteiger partial charge < -0.3 is 5.32 Å². The van der Waals surface area contributed by atoms with Gasteiger partial charge in [-0.15, -0.1) is 0 Å². The van der Waals surface area contributed by atoms with E-state index in [0.29, 0.717) is 0 Å². The first-order valence-electron chi connectivity index (χ1n) is 6.69. The molecule has 0 saturated carbocycles. The van der Waals surface area contributed by atoms with Crippen molar-refractivity contribution in [3.63, 3.8) is 0 Å². The number of hydrogen-bond acceptors (Lipinski definition) is 4. The second-order valence-electron chi connectivity index (χ2n) is 4.88. The molecule has 2 aromatic rings. The standard InChI is InChI=1S/C13H22N6/c1-6-19-11(5)12(9(3)18-19)8(2)16-10(4)13-14-7-15-17-13/h7-8,10,16H,6H2,1-5H3,(H,14,15,17). The van der Waals surface area contributed by atoms with E-state index in [1.165, 1.54) is 17.6 Å². The Morgan fingerprint density at radius 2 is 2.05 bits per heavy atom. The maximum Gasteiger partial charge on any atom is 0.141 e. The topological polar surface area (TPSA) is 71.4 Å². The predicted octanol–water partition coefficient (Wildman–Crippen LogP) is 2.05. The highest BCUT2D eigenvalue weighted by Crippen LogP contribution is 2.23. The molecule has 0 spiro atoms. The van der Waals surface area contributed by atoms with E-state index in [0.717, 1.165) is 18.1 Å². The highest BCUT2D eigenvalue weighted by molar-refractivity contribution is 5.28. The maximum atomic E-state index is 4.56. The Morgan fingerprint density at radius 1 is 1.32 bits per heavy atom. The van der Waals surface area contributed by atoms with Gasteiger partial charge in [-0.3, -0.25) is 9.78 Å². The SMILES string of the molecule is CCn1nc(C)c(C(C)NC(C)c2ncn[nH]2)c1C. The number of nitrogens with one attached hydrogen (secondary N) is 2. The molecule has 0 saturated heterocycles. The molecule has 0 radical (unpaired) electrons. The van der Waals surface area contributed by atoms with Gasteiger partial charge in [0.1, 0.15) is 12.2 Å². The average Bonchev–Trinajstić information content (AvgIpc) is 2.97. The third-order valence-electron chi connectivity index (χ3n) is 3.51. The summed E-state index contributed by atoms with van der Waals surface area (Å²) < 4.78 is 2.04. The second kappa shape index (κ2) is 5.52. The van der Waals surface area contributed by atoms with Crippen LogP contribution in [0.1, 0.15) is 55.6 Å². The quantitative estimate of drug-likeness (QED) is 0.865. The minimum absolute atomic E-state index is 0.126. The van der Waals surface area contributed by atoms with Crippen LogP contribution in [0, 0.1) is 13.8 Å². The molecule has 2 N–H and O–H groups in total. The molecule has 19 heavy (non-hydrogen) atoms. The van der Waals surface area contributed by atoms with Crippen molar-refractivity contribution < 1.29 is 0 Å². The Kier molecular flexibility index (Phi) is 3.99. The van der Waals surface area contributed by atoms with Gasteiger partial charge in [0.15, 0.2) is 0 Å². The summed E-state index contributed by atoms with van der Waals surface area (Å²) in [5.41, 5.74) is 3.59. The lowest BCUT2D eigenvalue weighted by Gasteiger charge is -2.19. The van der Waals surface area contributed by atoms with Crippen LogP contribution in [0.3, 0.4) is 0 Å². The fraction of sp³-hybridized carbons (Fsp3) is 0.615. The van der Waals surface area contributed by atoms with Gasteiger partial charge in [0.25, 0.3) is 0 Å². The molecule has 2 heterocycles. The lowest BCUT2D eigenvalue weighted by Crippen LogP contribution is -2.24. The number of aromatic amines is 1. The zero-order valence-electron chi connectivity index (χ0n) is 12.2. The van der Waals surface area contributed by atoms with Crippen molar-refractivity contribution in [2.24, 2.45) is 0 Å². The molecular formula is C13H22N6. The highest BCUT2D eigenvalue weighted by atomic mass is 15.3. The summed E-state index contributed by atoms with van der Waals surface area (Å²) in [6, 6.07) is 0.349. The number of nitrogens with zero attached hydrogens (tertiary/aromatic N) is 4. The Hall–Kier alpha value is -1.69. The van der Waals surface area contributed by atoms with Crippen LogP contribution in [0.25, 0.3) is 0 Å². The summed E-state index contributed by atoms with van der Waals surface area (Å²) in [6.07, 6.45) is 1.53. The van der Waals surface area contributed by atoms with Crippen molar-refractivity contribution in [3.05, 3.63) is 29.1 Å². The molecule has 0 amide bonds. The third-order valence-corrected chi connectivity index (χ3v) is 3.51. The van der Waals surface area contributed by atoms with Gasteiger partial charge in [0, 0.05) is 23.8 Å². The van der Waals surface area contributed by atoms with E-state index in [2.05, 4.69) is 60.2 Å². The van der Waals surface area contributed by atoms with Crippen LogP contribution >= 0.6 is 0 Å². The van der Waals surface area contributed by atoms with Crippen LogP contribution in [0.2, 0.25) is 0 Å². The van der Waals surface area contributed by atoms with E-state index in [1.54, 1.807) is 0 Å². The number of aryl methyl sites for hydroxylation is 2. The van der Waals surface area contributed by atoms with Crippen molar-refractivity contribution in [1.29, 1.82) is 0 Å². The Morgan fingerprint density at radius 3 is 2.58 bits per heavy atom. The summed E-state index contributed by atoms with van der Waals surface area (Å²) in [7, 11) is 0. The zero-order valence-corrected chi connectivity index (χ0v) is 12.2. The first-order valence-corrected chi connectivity index (χ1v) is 6.69. The molecule has 6 heteroatoms. The minimum atomic E-state index is 0.126. The monoisotopic (exact) mass is 262 g/mol. The zero-order chi connectivity index (χ0) is 14.0. The van der Waals surface area contributed by atoms with E-state index in [1.807, 2.05) is 4.68 Å². The average molecular weight is 262 g/mol. The molecular weight excluding hydrogens is 240 g/mol. The molecule has 0 aliphatic heterocycles. The molecule has 6 nitrogen and oxygen atoms in total. The first-order chi connectivity index (χ1) is 9.04. The third kappa shape index (κ3) is 2.68. The fourth-order valence-corrected chi connectivity index (χ4v) is 2.61. The molecule has 2 rings (SSSR count). The lowest BCUT2D eigenvalue weighted by atomic mass is 10.1. The lowest BCUT2D eigenvalue weighted by molar-refractivity contribution is 0.474. The van der Waals surface area contributed by atoms with Crippen LogP contribution in [0.5, 0.6) is 0 Å². The number of aromatic nitrogens is 5. The summed E-state index contributed by atoms with van der Waals surface area (Å²) in [4.78, 5) is 4.18. The van der Waals surface area contributed by atoms with Crippen molar-refractivity contribution in [1.82, 2.24) is 30.3 Å². The smallest absolute Gasteiger partial charge is 0.141 e. The molecule has 2 unspecified atom stereocenters. The molecule has 2 atom stereocenters. The maximum absolute atomic E-state index is 4.56. The number of hydrogen-bond donors (Lipinski definition) is 2. The van der Waals surface area contributed by atoms with E-state index in [9.17, 15) is 0 Å². The van der Waals surface area contributed by atoms with Gasteiger partial charge >= 0.3 is 0 Å². The molecule has 0 bridgehead atoms. The van der Waals surface area contributed by atoms with E-state index < -0.39 is 0 Å². The molecule has 0 aliphatic carbocycles. The molecule has 2 aromatic heterocycles. The minimum Gasteiger partial charge on any atom is -0.301 e. The number of H-pyrrole nitrogens is 1. The highest BCUT2D eigenvalue weighted by Gasteiger charge is 2.19. The molecule has 104 valence electrons. The molecule has 0 aliphatic rings. The van der Waals surface area contributed by atoms with Crippen LogP contribution < -0.4 is 5.32 Å². The summed E-state index contributed by atoms with van der Waals surface area (Å²) in [5, 5.41) is 14.9. The van der Waals surface area contributed by atoms with Gasteiger partial charge in [-0.05, 0) is 34.6 Å². The van der Waals surface area contributed by atoms with E-state index in [4.69, 9.17) is 0 Å². The van der Waals surface area contributed by atoms with E-state index >= 15 is 0 Å². The van der Waals surface area contributed by atoms with Crippen LogP contribution in [0.4, 0.5) is 0 Å². The second-order valence-corrected chi connectivity index (χ2v) is 4.88. The fourth-order valence-electron chi connectivity index (χ4n) is 2.61. The van der Waals surface area contributed by atoms with Gasteiger partial charge in [0.05, 0.1) is 11.7 Å². The largest absolute Gasteiger partial charge is 0.301 e. The van der Waals surface area contributed by atoms with Crippen molar-refractivity contribution in [2.45, 2.75) is 53.2 Å². The number of rotatable bonds is 5. The summed E-state index contributed by atoms with van der Waals surface area (Å²) >= 11 is 0. The van der Waals surface area contributed by atoms with Crippen molar-refractivity contribution in [3.8, 4) is 0 Å². The van der Waals surface area contributed by atoms with Gasteiger partial charge in [-0.25, -0.2) is 4.98 Å². The van der Waals surface area contributed by atoms with Gasteiger partial charge in [0.2, 0.25) is 0 Å². The van der Waals surface area contributed by atoms with Crippen molar-refractivity contribution in [2.75, 3.05) is 0 Å². The predicted molar refractivity (Wildman–Crippen MR) is 73.7 cm³/mol. The first kappa shape index (κ1) is 13.7. The molecule has 0 aromatic carbocycles. The van der Waals surface area contributed by atoms with Crippen LogP contribution in [-0.2, 0) is 6.54 Å². The van der Waals surface area contributed by atoms with E-state index in [-0.39, 0.29) is 12.1 Å². The Balaban J connectivity index is 2.16. The molecule has 0 fully saturated rings. The van der Waals surface area contributed by atoms with Gasteiger partial charge in [-0.1, -0.05) is 0 Å². The Bertz CT molecular complexity index is 528. The summed E-state index contributed by atoms with van der Waals surface area (Å²) in [5.74, 6) is 0.852. The summed E-state index contributed by atoms with van der Waals surface area (Å²) in [6.45, 7) is 11.4. The van der Waals surface area contributed by atoms with Crippen molar-refractivity contribution >= 4 is 0 Å². The van der Waals surface area contributed by atoms with Crippen LogP contribution in [0.15, 0.2) is 6.33 Å². The van der Waals surface area contributed by atoms with Crippen LogP contribution in [-0.4, -0.2) is 25.0 Å².